The quantitative estimate of drug-likeness (QED) is 0.530. The van der Waals surface area contributed by atoms with Crippen LogP contribution in [0, 0.1) is 0 Å². The van der Waals surface area contributed by atoms with E-state index in [1.54, 1.807) is 13.0 Å². The third-order valence-corrected chi connectivity index (χ3v) is 1.67. The molecule has 0 nitrogen and oxygen atoms in total. The monoisotopic (exact) mass is 144 g/mol. The minimum absolute atomic E-state index is 0.214. The van der Waals surface area contributed by atoms with Gasteiger partial charge in [-0.2, -0.15) is 0 Å². The normalized spacial score (nSPS) is 18.8. The Kier molecular flexibility index (Phi) is 2.20. The summed E-state index contributed by atoms with van der Waals surface area (Å²) in [6, 6.07) is 0. The maximum absolute atomic E-state index is 12.1. The Morgan fingerprint density at radius 3 is 2.30 bits per heavy atom. The molecule has 0 bridgehead atoms. The highest BCUT2D eigenvalue weighted by molar-refractivity contribution is 5.33. The summed E-state index contributed by atoms with van der Waals surface area (Å²) in [5, 5.41) is 0. The molecule has 1 aliphatic rings. The first-order valence-corrected chi connectivity index (χ1v) is 3.37. The van der Waals surface area contributed by atoms with Crippen molar-refractivity contribution in [2.75, 3.05) is 0 Å². The molecular weight excluding hydrogens is 134 g/mol. The van der Waals surface area contributed by atoms with Gasteiger partial charge in [0, 0.05) is 5.57 Å². The van der Waals surface area contributed by atoms with Gasteiger partial charge in [0.25, 0.3) is 6.43 Å². The lowest BCUT2D eigenvalue weighted by Crippen LogP contribution is -2.01. The summed E-state index contributed by atoms with van der Waals surface area (Å²) in [6.45, 7) is 1.73. The van der Waals surface area contributed by atoms with Gasteiger partial charge in [0.1, 0.15) is 0 Å². The van der Waals surface area contributed by atoms with Gasteiger partial charge in [0.05, 0.1) is 0 Å². The molecule has 0 aliphatic heterocycles. The molecule has 0 aromatic carbocycles. The van der Waals surface area contributed by atoms with E-state index in [0.717, 1.165) is 18.4 Å². The van der Waals surface area contributed by atoms with E-state index >= 15 is 0 Å². The van der Waals surface area contributed by atoms with Crippen LogP contribution in [0.2, 0.25) is 0 Å². The summed E-state index contributed by atoms with van der Waals surface area (Å²) in [5.74, 6) is 0. The SMILES string of the molecule is CC1=CCCC=C1C(F)F. The fraction of sp³-hybridized carbons (Fsp3) is 0.500. The summed E-state index contributed by atoms with van der Waals surface area (Å²) in [7, 11) is 0. The molecule has 0 amide bonds. The number of halogens is 2. The van der Waals surface area contributed by atoms with Gasteiger partial charge in [-0.3, -0.25) is 0 Å². The molecule has 0 spiro atoms. The largest absolute Gasteiger partial charge is 0.263 e. The highest BCUT2D eigenvalue weighted by atomic mass is 19.3. The second-order valence-corrected chi connectivity index (χ2v) is 2.42. The van der Waals surface area contributed by atoms with Crippen molar-refractivity contribution in [1.82, 2.24) is 0 Å². The van der Waals surface area contributed by atoms with E-state index in [4.69, 9.17) is 0 Å². The van der Waals surface area contributed by atoms with Gasteiger partial charge in [-0.05, 0) is 25.3 Å². The van der Waals surface area contributed by atoms with Crippen LogP contribution >= 0.6 is 0 Å². The summed E-state index contributed by atoms with van der Waals surface area (Å²) in [4.78, 5) is 0. The van der Waals surface area contributed by atoms with Gasteiger partial charge in [-0.1, -0.05) is 12.2 Å². The molecule has 56 valence electrons. The molecule has 0 aromatic heterocycles. The second kappa shape index (κ2) is 2.95. The molecule has 0 aromatic rings. The fourth-order valence-corrected chi connectivity index (χ4v) is 1.08. The third kappa shape index (κ3) is 1.43. The van der Waals surface area contributed by atoms with Crippen molar-refractivity contribution in [3.63, 3.8) is 0 Å². The van der Waals surface area contributed by atoms with Gasteiger partial charge >= 0.3 is 0 Å². The Balaban J connectivity index is 2.74. The lowest BCUT2D eigenvalue weighted by molar-refractivity contribution is 0.191. The Bertz CT molecular complexity index is 178. The molecule has 0 saturated carbocycles. The summed E-state index contributed by atoms with van der Waals surface area (Å²) >= 11 is 0. The van der Waals surface area contributed by atoms with E-state index in [2.05, 4.69) is 0 Å². The van der Waals surface area contributed by atoms with Crippen molar-refractivity contribution < 1.29 is 8.78 Å². The zero-order valence-electron chi connectivity index (χ0n) is 5.90. The molecule has 0 N–H and O–H groups in total. The highest BCUT2D eigenvalue weighted by Crippen LogP contribution is 2.23. The minimum atomic E-state index is -2.29. The van der Waals surface area contributed by atoms with Crippen LogP contribution < -0.4 is 0 Å². The van der Waals surface area contributed by atoms with Crippen LogP contribution in [0.3, 0.4) is 0 Å². The maximum atomic E-state index is 12.1. The van der Waals surface area contributed by atoms with E-state index < -0.39 is 6.43 Å². The maximum Gasteiger partial charge on any atom is 0.263 e. The van der Waals surface area contributed by atoms with Gasteiger partial charge in [-0.15, -0.1) is 0 Å². The smallest absolute Gasteiger partial charge is 0.205 e. The van der Waals surface area contributed by atoms with Crippen LogP contribution in [0.1, 0.15) is 19.8 Å². The zero-order chi connectivity index (χ0) is 7.56. The minimum Gasteiger partial charge on any atom is -0.205 e. The Labute approximate surface area is 59.2 Å². The standard InChI is InChI=1S/C8H10F2/c1-6-4-2-3-5-7(6)8(9)10/h4-5,8H,2-3H2,1H3. The van der Waals surface area contributed by atoms with Crippen molar-refractivity contribution in [3.8, 4) is 0 Å². The van der Waals surface area contributed by atoms with Crippen LogP contribution in [0.4, 0.5) is 8.78 Å². The second-order valence-electron chi connectivity index (χ2n) is 2.42. The van der Waals surface area contributed by atoms with E-state index in [1.807, 2.05) is 6.08 Å². The van der Waals surface area contributed by atoms with Crippen LogP contribution in [-0.2, 0) is 0 Å². The lowest BCUT2D eigenvalue weighted by Gasteiger charge is -2.10. The molecule has 0 atom stereocenters. The van der Waals surface area contributed by atoms with E-state index in [1.165, 1.54) is 0 Å². The first kappa shape index (κ1) is 7.45. The Morgan fingerprint density at radius 1 is 1.30 bits per heavy atom. The van der Waals surface area contributed by atoms with Gasteiger partial charge < -0.3 is 0 Å². The fourth-order valence-electron chi connectivity index (χ4n) is 1.08. The molecule has 0 saturated heterocycles. The predicted molar refractivity (Wildman–Crippen MR) is 37.1 cm³/mol. The first-order valence-electron chi connectivity index (χ1n) is 3.37. The summed E-state index contributed by atoms with van der Waals surface area (Å²) < 4.78 is 24.1. The van der Waals surface area contributed by atoms with Crippen molar-refractivity contribution >= 4 is 0 Å². The van der Waals surface area contributed by atoms with Crippen molar-refractivity contribution in [3.05, 3.63) is 23.3 Å². The predicted octanol–water partition coefficient (Wildman–Crippen LogP) is 2.92. The Morgan fingerprint density at radius 2 is 1.90 bits per heavy atom. The molecule has 10 heavy (non-hydrogen) atoms. The van der Waals surface area contributed by atoms with Crippen LogP contribution in [0.25, 0.3) is 0 Å². The molecule has 2 heteroatoms. The van der Waals surface area contributed by atoms with E-state index in [-0.39, 0.29) is 5.57 Å². The van der Waals surface area contributed by atoms with Crippen molar-refractivity contribution in [2.24, 2.45) is 0 Å². The summed E-state index contributed by atoms with van der Waals surface area (Å²) in [5.41, 5.74) is 0.951. The number of hydrogen-bond acceptors (Lipinski definition) is 0. The molecular formula is C8H10F2. The number of alkyl halides is 2. The zero-order valence-corrected chi connectivity index (χ0v) is 5.90. The Hall–Kier alpha value is -0.660. The van der Waals surface area contributed by atoms with Crippen molar-refractivity contribution in [1.29, 1.82) is 0 Å². The molecule has 0 heterocycles. The number of hydrogen-bond donors (Lipinski definition) is 0. The van der Waals surface area contributed by atoms with E-state index in [0.29, 0.717) is 0 Å². The van der Waals surface area contributed by atoms with Gasteiger partial charge in [0.2, 0.25) is 0 Å². The highest BCUT2D eigenvalue weighted by Gasteiger charge is 2.13. The number of rotatable bonds is 1. The molecule has 1 rings (SSSR count). The average Bonchev–Trinajstić information content (AvgIpc) is 1.88. The molecule has 1 aliphatic carbocycles. The first-order chi connectivity index (χ1) is 4.72. The van der Waals surface area contributed by atoms with Crippen LogP contribution in [0.5, 0.6) is 0 Å². The van der Waals surface area contributed by atoms with Crippen molar-refractivity contribution in [2.45, 2.75) is 26.2 Å². The topological polar surface area (TPSA) is 0 Å². The number of allylic oxidation sites excluding steroid dienone is 4. The molecule has 0 radical (unpaired) electrons. The van der Waals surface area contributed by atoms with Crippen LogP contribution in [-0.4, -0.2) is 6.43 Å². The van der Waals surface area contributed by atoms with Gasteiger partial charge in [0.15, 0.2) is 0 Å². The van der Waals surface area contributed by atoms with Gasteiger partial charge in [-0.25, -0.2) is 8.78 Å². The third-order valence-electron chi connectivity index (χ3n) is 1.67. The molecule has 0 fully saturated rings. The summed E-state index contributed by atoms with van der Waals surface area (Å²) in [6.07, 6.45) is 2.86. The lowest BCUT2D eigenvalue weighted by atomic mass is 10.00. The molecule has 0 unspecified atom stereocenters. The average molecular weight is 144 g/mol. The van der Waals surface area contributed by atoms with E-state index in [9.17, 15) is 8.78 Å². The van der Waals surface area contributed by atoms with Crippen LogP contribution in [0.15, 0.2) is 23.3 Å².